The van der Waals surface area contributed by atoms with Gasteiger partial charge in [0.1, 0.15) is 73.2 Å². The van der Waals surface area contributed by atoms with E-state index in [-0.39, 0.29) is 25.2 Å². The van der Waals surface area contributed by atoms with Crippen LogP contribution in [-0.4, -0.2) is 309 Å². The molecular weight excluding hydrogens is 2040 g/mol. The van der Waals surface area contributed by atoms with Gasteiger partial charge in [0.2, 0.25) is 0 Å². The van der Waals surface area contributed by atoms with Crippen LogP contribution in [0.1, 0.15) is 47.2 Å². The standard InChI is InChI=1S/C13H15Cl2F3N3O8P.C13H19F3N3O16P3.C13H17F3N3O15P3.C13H16F3N3O7/c1-20(11(25)13(16,17)18)2-5-3-21(12(26)19-9(5)24)10-8(23)7(22)6(29-10)4-28-30(14,15)27;1-18(11(23)13(14,15)16)2-5-3-19(12(24)17-9(5)22)10-8(21)7(20)6(33-10)4-32-37(28,29)35-38(30,31)34-36(25,26)27;1-18(11(23)13(14,15)16)2-5-3-19(12(24)17-9(5)22)10-8(21)7(20)6(31-10)4-30-37(29)33-35(25,26)32-36(27,28)34-37;1-18(11(24)13(14,15)16)2-5-3-19(12(25)17-9(5)23)10-8(22)7(21)6(4-20)26-10/h3,6-8,10,22-23H,2,4H2,1H3,(H,19,24,26);3,6-8,10,20-21H,2,4H2,1H3,(H,28,29)(H,30,31)(H,17,22,24)(H2,25,26,27);3,6-8,10,20-21H,2,4H2,1H3,(H,25,26)(H,27,28)(H,17,22,24);3,6-8,10,20-22H,2,4H2,1H3,(H,17,23,25)/t4*6-,7+,8?,10-/m1111/s1. The van der Waals surface area contributed by atoms with Gasteiger partial charge in [0.25, 0.3) is 22.2 Å². The summed E-state index contributed by atoms with van der Waals surface area (Å²) in [6, 6.07) is 0. The molecule has 0 saturated carbocycles. The molecule has 0 spiro atoms. The van der Waals surface area contributed by atoms with Crippen molar-refractivity contribution < 1.29 is 233 Å². The maximum absolute atomic E-state index is 12.6. The van der Waals surface area contributed by atoms with E-state index in [9.17, 15) is 198 Å². The van der Waals surface area contributed by atoms with Crippen LogP contribution in [0.2, 0.25) is 0 Å². The first-order valence-corrected chi connectivity index (χ1v) is 46.6. The molecule has 0 radical (unpaired) electrons. The van der Waals surface area contributed by atoms with Crippen molar-refractivity contribution in [1.82, 2.24) is 57.8 Å². The summed E-state index contributed by atoms with van der Waals surface area (Å²) in [5, 5.41) is 89.7. The minimum absolute atomic E-state index is 0.103. The Hall–Kier alpha value is -7.13. The van der Waals surface area contributed by atoms with Crippen LogP contribution in [0.4, 0.5) is 52.7 Å². The fourth-order valence-electron chi connectivity index (χ4n) is 11.2. The molecule has 744 valence electrons. The molecule has 4 aromatic rings. The number of aliphatic hydroxyl groups excluding tert-OH is 9. The molecule has 20 atom stereocenters. The SMILES string of the molecule is CN(Cc1cn([C@@H]2O[C@H](CO)[C@H](O)C2O)c(=O)[nH]c1=O)C(=O)C(F)(F)F.CN(Cc1cn([C@@H]2O[C@H](COP(=O)(Cl)Cl)[C@H](O)C2O)c(=O)[nH]c1=O)C(=O)C(F)(F)F.CN(Cc1cn([C@@H]2O[C@H](COP(=O)(O)OP(=O)(O)OP(=O)(O)O)[C@H](O)C2O)c(=O)[nH]c1=O)C(=O)C(F)(F)F.CN(Cc1cn([C@@H]2O[C@H](COP3(=O)OP(=O)(O)OP(=O)(O)O3)[C@H](O)C2O)c(=O)[nH]c1=O)C(=O)C(F)(F)F. The molecule has 9 heterocycles. The molecule has 9 rings (SSSR count). The number of phosphoric ester groups is 1. The van der Waals surface area contributed by atoms with Crippen molar-refractivity contribution in [3.05, 3.63) is 130 Å². The van der Waals surface area contributed by atoms with Crippen molar-refractivity contribution in [2.75, 3.05) is 54.6 Å². The number of hydrogen-bond acceptors (Lipinski definition) is 40. The highest BCUT2D eigenvalue weighted by Crippen LogP contribution is 2.80. The number of H-pyrrole nitrogens is 4. The minimum Gasteiger partial charge on any atom is -0.394 e. The van der Waals surface area contributed by atoms with E-state index in [1.807, 2.05) is 9.97 Å². The zero-order valence-electron chi connectivity index (χ0n) is 64.6. The lowest BCUT2D eigenvalue weighted by Gasteiger charge is -2.27. The van der Waals surface area contributed by atoms with E-state index in [0.717, 1.165) is 33.5 Å². The lowest BCUT2D eigenvalue weighted by molar-refractivity contribution is -0.184. The number of carbonyl (C=O) groups excluding carboxylic acids is 4. The molecule has 5 saturated heterocycles. The van der Waals surface area contributed by atoms with E-state index in [1.165, 1.54) is 0 Å². The number of amides is 4. The molecule has 0 aliphatic carbocycles. The van der Waals surface area contributed by atoms with Crippen LogP contribution in [0.3, 0.4) is 0 Å². The third kappa shape index (κ3) is 30.4. The number of rotatable bonds is 26. The predicted octanol–water partition coefficient (Wildman–Crippen LogP) is -4.97. The summed E-state index contributed by atoms with van der Waals surface area (Å²) in [6.45, 7) is -7.14. The molecule has 5 fully saturated rings. The number of hydrogen-bond donors (Lipinski definition) is 19. The number of alkyl halides is 12. The quantitative estimate of drug-likeness (QED) is 0.0207. The van der Waals surface area contributed by atoms with Crippen LogP contribution in [0.15, 0.2) is 63.1 Å². The zero-order chi connectivity index (χ0) is 100. The zero-order valence-corrected chi connectivity index (χ0v) is 72.3. The molecule has 4 aromatic heterocycles. The largest absolute Gasteiger partial charge is 0.492 e. The molecule has 5 aliphatic heterocycles. The molecule has 5 aliphatic rings. The van der Waals surface area contributed by atoms with Crippen LogP contribution in [0, 0.1) is 0 Å². The van der Waals surface area contributed by atoms with Gasteiger partial charge in [0.15, 0.2) is 24.9 Å². The van der Waals surface area contributed by atoms with Gasteiger partial charge < -0.3 is 118 Å². The van der Waals surface area contributed by atoms with E-state index >= 15 is 0 Å². The lowest BCUT2D eigenvalue weighted by atomic mass is 10.1. The third-order valence-corrected chi connectivity index (χ3v) is 27.2. The Morgan fingerprint density at radius 3 is 0.893 bits per heavy atom. The van der Waals surface area contributed by atoms with Gasteiger partial charge >= 0.3 is 124 Å². The molecule has 19 N–H and O–H groups in total. The molecular formula is C52H67Cl2F12N12O46P7. The molecule has 0 aromatic carbocycles. The van der Waals surface area contributed by atoms with E-state index in [4.69, 9.17) is 61.2 Å². The van der Waals surface area contributed by atoms with Crippen molar-refractivity contribution in [3.63, 3.8) is 0 Å². The minimum atomic E-state index is -5.86. The van der Waals surface area contributed by atoms with Crippen molar-refractivity contribution in [1.29, 1.82) is 0 Å². The Balaban J connectivity index is 0.000000272. The topological polar surface area (TPSA) is 834 Å². The number of nitrogens with one attached hydrogen (secondary N) is 4. The average Bonchev–Trinajstić information content (AvgIpc) is 1.76. The van der Waals surface area contributed by atoms with Crippen molar-refractivity contribution in [2.45, 2.75) is 149 Å². The summed E-state index contributed by atoms with van der Waals surface area (Å²) >= 11 is 10.4. The summed E-state index contributed by atoms with van der Waals surface area (Å²) in [5.41, 5.74) is -11.2. The fraction of sp³-hybridized carbons (Fsp3) is 0.615. The number of ether oxygens (including phenoxy) is 4. The third-order valence-electron chi connectivity index (χ3n) is 17.0. The summed E-state index contributed by atoms with van der Waals surface area (Å²) in [5.74, 6) is -9.05. The molecule has 0 bridgehead atoms. The van der Waals surface area contributed by atoms with E-state index < -0.39 is 314 Å². The number of aromatic amines is 4. The number of aliphatic hydroxyl groups is 9. The first kappa shape index (κ1) is 113. The van der Waals surface area contributed by atoms with Gasteiger partial charge in [-0.15, -0.1) is 0 Å². The average molecular weight is 2110 g/mol. The summed E-state index contributed by atoms with van der Waals surface area (Å²) in [6.07, 6.45) is -49.5. The molecule has 4 amide bonds. The Kier molecular flexibility index (Phi) is 36.7. The van der Waals surface area contributed by atoms with Crippen LogP contribution in [-0.2, 0) is 131 Å². The Morgan fingerprint density at radius 1 is 0.412 bits per heavy atom. The number of carbonyl (C=O) groups is 4. The Morgan fingerprint density at radius 2 is 0.656 bits per heavy atom. The molecule has 8 unspecified atom stereocenters. The second kappa shape index (κ2) is 42.6. The molecule has 58 nitrogen and oxygen atoms in total. The second-order valence-electron chi connectivity index (χ2n) is 26.8. The van der Waals surface area contributed by atoms with Crippen molar-refractivity contribution in [2.24, 2.45) is 0 Å². The molecule has 79 heteroatoms. The smallest absolute Gasteiger partial charge is 0.394 e. The summed E-state index contributed by atoms with van der Waals surface area (Å²) in [7, 11) is -30.2. The van der Waals surface area contributed by atoms with Gasteiger partial charge in [0.05, 0.1) is 74.9 Å². The van der Waals surface area contributed by atoms with Crippen LogP contribution < -0.4 is 45.0 Å². The van der Waals surface area contributed by atoms with Gasteiger partial charge in [-0.3, -0.25) is 90.2 Å². The normalized spacial score (nSPS) is 28.6. The second-order valence-corrected chi connectivity index (χ2v) is 40.5. The molecule has 131 heavy (non-hydrogen) atoms. The summed E-state index contributed by atoms with van der Waals surface area (Å²) in [4.78, 5) is 203. The first-order chi connectivity index (χ1) is 59.3. The highest BCUT2D eigenvalue weighted by Gasteiger charge is 2.57. The van der Waals surface area contributed by atoms with Crippen molar-refractivity contribution in [3.8, 4) is 0 Å². The van der Waals surface area contributed by atoms with Crippen LogP contribution in [0.5, 0.6) is 0 Å². The van der Waals surface area contributed by atoms with Gasteiger partial charge in [-0.05, 0) is 22.5 Å². The Labute approximate surface area is 721 Å². The van der Waals surface area contributed by atoms with Gasteiger partial charge in [-0.25, -0.2) is 46.6 Å². The highest BCUT2D eigenvalue weighted by atomic mass is 35.9. The van der Waals surface area contributed by atoms with Crippen LogP contribution >= 0.6 is 75.5 Å². The maximum Gasteiger partial charge on any atom is 0.492 e. The lowest BCUT2D eigenvalue weighted by Crippen LogP contribution is -2.42. The van der Waals surface area contributed by atoms with E-state index in [0.29, 0.717) is 37.7 Å². The summed E-state index contributed by atoms with van der Waals surface area (Å²) < 4.78 is 286. The van der Waals surface area contributed by atoms with Crippen LogP contribution in [0.25, 0.3) is 0 Å². The number of nitrogens with zero attached hydrogens (tertiary/aromatic N) is 8. The van der Waals surface area contributed by atoms with Crippen molar-refractivity contribution >= 4 is 99.1 Å². The predicted molar refractivity (Wildman–Crippen MR) is 388 cm³/mol. The van der Waals surface area contributed by atoms with E-state index in [2.05, 4.69) is 35.1 Å². The van der Waals surface area contributed by atoms with Gasteiger partial charge in [-0.2, -0.15) is 74.2 Å². The number of halogens is 14. The Bertz CT molecular complexity index is 5720. The fourth-order valence-corrected chi connectivity index (χ4v) is 19.8. The van der Waals surface area contributed by atoms with Gasteiger partial charge in [-0.1, -0.05) is 0 Å². The number of phosphoric acid groups is 6. The van der Waals surface area contributed by atoms with E-state index in [1.54, 1.807) is 9.97 Å². The number of aromatic nitrogens is 8. The van der Waals surface area contributed by atoms with Gasteiger partial charge in [0, 0.05) is 53.0 Å². The highest BCUT2D eigenvalue weighted by molar-refractivity contribution is 8.05. The first-order valence-electron chi connectivity index (χ1n) is 34.2. The maximum atomic E-state index is 12.6. The monoisotopic (exact) mass is 2110 g/mol.